The van der Waals surface area contributed by atoms with Crippen molar-refractivity contribution in [3.05, 3.63) is 81.6 Å². The highest BCUT2D eigenvalue weighted by molar-refractivity contribution is 8.00. The van der Waals surface area contributed by atoms with Gasteiger partial charge >= 0.3 is 0 Å². The minimum Gasteiger partial charge on any atom is -0.493 e. The second-order valence-corrected chi connectivity index (χ2v) is 10.8. The van der Waals surface area contributed by atoms with Crippen molar-refractivity contribution in [1.82, 2.24) is 9.78 Å². The minimum absolute atomic E-state index is 0.0385. The first kappa shape index (κ1) is 23.8. The van der Waals surface area contributed by atoms with E-state index in [1.54, 1.807) is 0 Å². The Labute approximate surface area is 209 Å². The number of thioether (sulfide) groups is 1. The van der Waals surface area contributed by atoms with Gasteiger partial charge in [0.25, 0.3) is 5.56 Å². The molecular weight excluding hydrogens is 462 g/mol. The second kappa shape index (κ2) is 9.95. The highest BCUT2D eigenvalue weighted by Crippen LogP contribution is 2.44. The number of aromatic amines is 1. The van der Waals surface area contributed by atoms with Crippen LogP contribution >= 0.6 is 11.8 Å². The molecule has 5 rings (SSSR count). The lowest BCUT2D eigenvalue weighted by molar-refractivity contribution is -0.113. The van der Waals surface area contributed by atoms with Gasteiger partial charge in [-0.25, -0.2) is 0 Å². The number of fused-ring (bicyclic) bond motifs is 1. The molecular formula is C27H31N3O4S. The van der Waals surface area contributed by atoms with Gasteiger partial charge in [0.2, 0.25) is 5.91 Å². The summed E-state index contributed by atoms with van der Waals surface area (Å²) in [5.74, 6) is 1.45. The molecule has 2 aliphatic heterocycles. The summed E-state index contributed by atoms with van der Waals surface area (Å²) in [6, 6.07) is 18.1. The molecule has 2 aromatic carbocycles. The highest BCUT2D eigenvalue weighted by atomic mass is 32.2. The third kappa shape index (κ3) is 5.18. The Kier molecular flexibility index (Phi) is 6.75. The standard InChI is InChI=1S/C27H31N3O4S/c1-27(2)16-19(13-15-34-27)30-25-23(26(32)29-30)24(35-17-22(31)28-25)20-10-6-7-11-21(20)33-14-12-18-8-4-3-5-9-18/h3-11,19,24H,12-17H2,1-2H3,(H,28,31)(H,29,32)/t19-,24+/m1/s1. The number of H-pyrrole nitrogens is 1. The molecule has 0 unspecified atom stereocenters. The molecule has 1 fully saturated rings. The van der Waals surface area contributed by atoms with E-state index in [1.807, 2.05) is 47.1 Å². The molecule has 1 amide bonds. The van der Waals surface area contributed by atoms with Crippen molar-refractivity contribution in [2.45, 2.75) is 50.0 Å². The number of hydrogen-bond acceptors (Lipinski definition) is 5. The van der Waals surface area contributed by atoms with Crippen LogP contribution in [0.25, 0.3) is 0 Å². The number of benzene rings is 2. The van der Waals surface area contributed by atoms with Crippen molar-refractivity contribution in [1.29, 1.82) is 0 Å². The zero-order chi connectivity index (χ0) is 24.4. The monoisotopic (exact) mass is 493 g/mol. The summed E-state index contributed by atoms with van der Waals surface area (Å²) in [6.45, 7) is 5.24. The molecule has 2 N–H and O–H groups in total. The predicted octanol–water partition coefficient (Wildman–Crippen LogP) is 4.70. The average molecular weight is 494 g/mol. The SMILES string of the molecule is CC1(C)C[C@H](n2[nH]c(=O)c3c2NC(=O)CS[C@H]3c2ccccc2OCCc2ccccc2)CCO1. The molecule has 0 radical (unpaired) electrons. The summed E-state index contributed by atoms with van der Waals surface area (Å²) in [4.78, 5) is 26.0. The number of nitrogens with one attached hydrogen (secondary N) is 2. The van der Waals surface area contributed by atoms with E-state index >= 15 is 0 Å². The van der Waals surface area contributed by atoms with Crippen LogP contribution in [0, 0.1) is 0 Å². The van der Waals surface area contributed by atoms with E-state index < -0.39 is 0 Å². The van der Waals surface area contributed by atoms with Crippen molar-refractivity contribution >= 4 is 23.5 Å². The maximum Gasteiger partial charge on any atom is 0.270 e. The third-order valence-electron chi connectivity index (χ3n) is 6.59. The number of aromatic nitrogens is 2. The molecule has 2 aliphatic rings. The average Bonchev–Trinajstić information content (AvgIpc) is 3.05. The summed E-state index contributed by atoms with van der Waals surface area (Å²) in [5.41, 5.74) is 2.21. The highest BCUT2D eigenvalue weighted by Gasteiger charge is 2.36. The largest absolute Gasteiger partial charge is 0.493 e. The first-order valence-electron chi connectivity index (χ1n) is 12.1. The summed E-state index contributed by atoms with van der Waals surface area (Å²) in [7, 11) is 0. The van der Waals surface area contributed by atoms with Crippen LogP contribution in [0.2, 0.25) is 0 Å². The van der Waals surface area contributed by atoms with Gasteiger partial charge in [-0.3, -0.25) is 19.4 Å². The molecule has 0 saturated carbocycles. The summed E-state index contributed by atoms with van der Waals surface area (Å²) < 4.78 is 13.9. The Hall–Kier alpha value is -2.97. The maximum absolute atomic E-state index is 13.3. The molecule has 1 saturated heterocycles. The van der Waals surface area contributed by atoms with Crippen LogP contribution in [0.5, 0.6) is 5.75 Å². The smallest absolute Gasteiger partial charge is 0.270 e. The predicted molar refractivity (Wildman–Crippen MR) is 138 cm³/mol. The van der Waals surface area contributed by atoms with E-state index in [0.29, 0.717) is 24.6 Å². The summed E-state index contributed by atoms with van der Waals surface area (Å²) in [5, 5.41) is 5.72. The van der Waals surface area contributed by atoms with Crippen molar-refractivity contribution in [3.63, 3.8) is 0 Å². The molecule has 184 valence electrons. The lowest BCUT2D eigenvalue weighted by Gasteiger charge is -2.36. The number of carbonyl (C=O) groups is 1. The first-order chi connectivity index (χ1) is 16.9. The zero-order valence-electron chi connectivity index (χ0n) is 20.1. The van der Waals surface area contributed by atoms with Crippen molar-refractivity contribution in [3.8, 4) is 5.75 Å². The van der Waals surface area contributed by atoms with Crippen molar-refractivity contribution < 1.29 is 14.3 Å². The second-order valence-electron chi connectivity index (χ2n) is 9.69. The Morgan fingerprint density at radius 2 is 1.89 bits per heavy atom. The molecule has 0 aliphatic carbocycles. The fourth-order valence-electron chi connectivity index (χ4n) is 4.94. The van der Waals surface area contributed by atoms with Crippen molar-refractivity contribution in [2.75, 3.05) is 24.3 Å². The van der Waals surface area contributed by atoms with Gasteiger partial charge in [0.1, 0.15) is 11.6 Å². The molecule has 0 bridgehead atoms. The van der Waals surface area contributed by atoms with Gasteiger partial charge in [-0.2, -0.15) is 0 Å². The van der Waals surface area contributed by atoms with Crippen LogP contribution in [0.3, 0.4) is 0 Å². The molecule has 7 nitrogen and oxygen atoms in total. The lowest BCUT2D eigenvalue weighted by Crippen LogP contribution is -2.36. The fourth-order valence-corrected chi connectivity index (χ4v) is 6.09. The Morgan fingerprint density at radius 3 is 2.69 bits per heavy atom. The van der Waals surface area contributed by atoms with Gasteiger partial charge in [0.15, 0.2) is 0 Å². The van der Waals surface area contributed by atoms with E-state index in [1.165, 1.54) is 17.3 Å². The van der Waals surface area contributed by atoms with Crippen molar-refractivity contribution in [2.24, 2.45) is 0 Å². The van der Waals surface area contributed by atoms with Gasteiger partial charge < -0.3 is 14.8 Å². The number of anilines is 1. The quantitative estimate of drug-likeness (QED) is 0.520. The normalized spacial score (nSPS) is 21.6. The number of hydrogen-bond donors (Lipinski definition) is 2. The van der Waals surface area contributed by atoms with Crippen LogP contribution < -0.4 is 15.6 Å². The summed E-state index contributed by atoms with van der Waals surface area (Å²) >= 11 is 1.46. The van der Waals surface area contributed by atoms with E-state index in [4.69, 9.17) is 9.47 Å². The Balaban J connectivity index is 1.47. The minimum atomic E-state index is -0.324. The van der Waals surface area contributed by atoms with Gasteiger partial charge in [-0.05, 0) is 38.3 Å². The molecule has 8 heteroatoms. The molecule has 3 heterocycles. The van der Waals surface area contributed by atoms with Crippen LogP contribution in [0.1, 0.15) is 54.7 Å². The fraction of sp³-hybridized carbons (Fsp3) is 0.407. The zero-order valence-corrected chi connectivity index (χ0v) is 20.9. The third-order valence-corrected chi connectivity index (χ3v) is 7.84. The van der Waals surface area contributed by atoms with Crippen LogP contribution in [-0.2, 0) is 16.0 Å². The number of para-hydroxylation sites is 1. The Bertz CT molecular complexity index is 1250. The molecule has 1 aromatic heterocycles. The number of nitrogens with zero attached hydrogens (tertiary/aromatic N) is 1. The maximum atomic E-state index is 13.3. The van der Waals surface area contributed by atoms with Gasteiger partial charge in [-0.1, -0.05) is 48.5 Å². The molecule has 35 heavy (non-hydrogen) atoms. The molecule has 0 spiro atoms. The number of carbonyl (C=O) groups excluding carboxylic acids is 1. The van der Waals surface area contributed by atoms with Gasteiger partial charge in [0, 0.05) is 18.6 Å². The van der Waals surface area contributed by atoms with E-state index in [9.17, 15) is 9.59 Å². The van der Waals surface area contributed by atoms with Crippen LogP contribution in [0.15, 0.2) is 59.4 Å². The van der Waals surface area contributed by atoms with E-state index in [0.717, 1.165) is 30.6 Å². The lowest BCUT2D eigenvalue weighted by atomic mass is 9.94. The van der Waals surface area contributed by atoms with Crippen LogP contribution in [-0.4, -0.2) is 40.3 Å². The van der Waals surface area contributed by atoms with Gasteiger partial charge in [0.05, 0.1) is 34.8 Å². The summed E-state index contributed by atoms with van der Waals surface area (Å²) in [6.07, 6.45) is 2.30. The number of amides is 1. The number of ether oxygens (including phenoxy) is 2. The topological polar surface area (TPSA) is 85.4 Å². The molecule has 2 atom stereocenters. The first-order valence-corrected chi connectivity index (χ1v) is 13.1. The molecule has 3 aromatic rings. The van der Waals surface area contributed by atoms with Crippen LogP contribution in [0.4, 0.5) is 5.82 Å². The number of rotatable bonds is 6. The van der Waals surface area contributed by atoms with E-state index in [2.05, 4.69) is 36.4 Å². The van der Waals surface area contributed by atoms with Gasteiger partial charge in [-0.15, -0.1) is 11.8 Å². The van der Waals surface area contributed by atoms with E-state index in [-0.39, 0.29) is 34.1 Å². The Morgan fingerprint density at radius 1 is 1.11 bits per heavy atom.